The fourth-order valence-electron chi connectivity index (χ4n) is 3.27. The van der Waals surface area contributed by atoms with Gasteiger partial charge < -0.3 is 15.2 Å². The van der Waals surface area contributed by atoms with E-state index in [9.17, 15) is 9.90 Å². The van der Waals surface area contributed by atoms with Crippen molar-refractivity contribution in [3.63, 3.8) is 0 Å². The van der Waals surface area contributed by atoms with Crippen LogP contribution in [0.1, 0.15) is 33.3 Å². The van der Waals surface area contributed by atoms with Gasteiger partial charge in [0.15, 0.2) is 0 Å². The standard InChI is InChI=1S/C21H21N3O3/c25-18-8-4-7-16(11-18)21(26)22-12-19-20-17(9-10-27-19)14-24(23-20)13-15-5-2-1-3-6-15/h1-8,11,14,19,25H,9-10,12-13H2,(H,22,26). The van der Waals surface area contributed by atoms with Crippen molar-refractivity contribution in [2.45, 2.75) is 19.1 Å². The number of phenolic OH excluding ortho intramolecular Hbond substituents is 1. The normalized spacial score (nSPS) is 15.9. The highest BCUT2D eigenvalue weighted by molar-refractivity contribution is 5.94. The Labute approximate surface area is 157 Å². The third-order valence-electron chi connectivity index (χ3n) is 4.61. The fraction of sp³-hybridized carbons (Fsp3) is 0.238. The van der Waals surface area contributed by atoms with Crippen molar-refractivity contribution in [3.05, 3.63) is 83.2 Å². The van der Waals surface area contributed by atoms with E-state index < -0.39 is 0 Å². The van der Waals surface area contributed by atoms with Crippen LogP contribution in [0.4, 0.5) is 0 Å². The van der Waals surface area contributed by atoms with Gasteiger partial charge in [-0.25, -0.2) is 0 Å². The number of aromatic nitrogens is 2. The Morgan fingerprint density at radius 2 is 2.07 bits per heavy atom. The van der Waals surface area contributed by atoms with Crippen LogP contribution in [0.5, 0.6) is 5.75 Å². The summed E-state index contributed by atoms with van der Waals surface area (Å²) in [6.07, 6.45) is 2.61. The first-order chi connectivity index (χ1) is 13.2. The Morgan fingerprint density at radius 1 is 1.22 bits per heavy atom. The molecular formula is C21H21N3O3. The summed E-state index contributed by atoms with van der Waals surface area (Å²) in [5, 5.41) is 17.1. The van der Waals surface area contributed by atoms with Gasteiger partial charge in [0.25, 0.3) is 5.91 Å². The van der Waals surface area contributed by atoms with Crippen LogP contribution in [0.2, 0.25) is 0 Å². The van der Waals surface area contributed by atoms with Crippen LogP contribution >= 0.6 is 0 Å². The zero-order valence-electron chi connectivity index (χ0n) is 14.8. The summed E-state index contributed by atoms with van der Waals surface area (Å²) in [6.45, 7) is 1.65. The lowest BCUT2D eigenvalue weighted by Gasteiger charge is -2.22. The van der Waals surface area contributed by atoms with Crippen molar-refractivity contribution in [1.82, 2.24) is 15.1 Å². The number of ether oxygens (including phenoxy) is 1. The molecule has 1 aliphatic heterocycles. The fourth-order valence-corrected chi connectivity index (χ4v) is 3.27. The highest BCUT2D eigenvalue weighted by Crippen LogP contribution is 2.25. The number of benzene rings is 2. The van der Waals surface area contributed by atoms with Gasteiger partial charge in [-0.15, -0.1) is 0 Å². The summed E-state index contributed by atoms with van der Waals surface area (Å²) in [7, 11) is 0. The zero-order valence-corrected chi connectivity index (χ0v) is 14.8. The predicted octanol–water partition coefficient (Wildman–Crippen LogP) is 2.68. The van der Waals surface area contributed by atoms with Crippen molar-refractivity contribution >= 4 is 5.91 Å². The first-order valence-electron chi connectivity index (χ1n) is 8.98. The number of rotatable bonds is 5. The SMILES string of the molecule is O=C(NCC1OCCc2cn(Cc3ccccc3)nc21)c1cccc(O)c1. The molecule has 4 rings (SSSR count). The minimum absolute atomic E-state index is 0.0681. The lowest BCUT2D eigenvalue weighted by atomic mass is 10.1. The molecule has 2 heterocycles. The number of amides is 1. The molecule has 0 saturated carbocycles. The van der Waals surface area contributed by atoms with Gasteiger partial charge in [-0.1, -0.05) is 36.4 Å². The molecule has 0 bridgehead atoms. The lowest BCUT2D eigenvalue weighted by molar-refractivity contribution is 0.0383. The first-order valence-corrected chi connectivity index (χ1v) is 8.98. The second kappa shape index (κ2) is 7.63. The number of nitrogens with one attached hydrogen (secondary N) is 1. The van der Waals surface area contributed by atoms with Crippen molar-refractivity contribution in [2.75, 3.05) is 13.2 Å². The molecule has 138 valence electrons. The Morgan fingerprint density at radius 3 is 2.89 bits per heavy atom. The molecule has 0 aliphatic carbocycles. The third kappa shape index (κ3) is 4.01. The molecule has 1 unspecified atom stereocenters. The molecule has 2 N–H and O–H groups in total. The largest absolute Gasteiger partial charge is 0.508 e. The molecule has 0 saturated heterocycles. The van der Waals surface area contributed by atoms with Crippen molar-refractivity contribution in [3.8, 4) is 5.75 Å². The van der Waals surface area contributed by atoms with Crippen LogP contribution in [0.15, 0.2) is 60.8 Å². The highest BCUT2D eigenvalue weighted by Gasteiger charge is 2.25. The maximum atomic E-state index is 12.3. The summed E-state index contributed by atoms with van der Waals surface area (Å²) >= 11 is 0. The van der Waals surface area contributed by atoms with Crippen molar-refractivity contribution in [1.29, 1.82) is 0 Å². The average Bonchev–Trinajstić information content (AvgIpc) is 3.10. The molecule has 0 radical (unpaired) electrons. The molecule has 3 aromatic rings. The predicted molar refractivity (Wildman–Crippen MR) is 101 cm³/mol. The number of phenols is 1. The number of hydrogen-bond donors (Lipinski definition) is 2. The molecule has 0 fully saturated rings. The van der Waals surface area contributed by atoms with E-state index in [0.717, 1.165) is 17.7 Å². The van der Waals surface area contributed by atoms with Gasteiger partial charge in [-0.2, -0.15) is 5.10 Å². The summed E-state index contributed by atoms with van der Waals surface area (Å²) in [5.74, 6) is -0.177. The van der Waals surface area contributed by atoms with Gasteiger partial charge in [0, 0.05) is 18.3 Å². The van der Waals surface area contributed by atoms with Gasteiger partial charge in [0.05, 0.1) is 18.8 Å². The Hall–Kier alpha value is -3.12. The molecule has 6 heteroatoms. The van der Waals surface area contributed by atoms with E-state index in [1.165, 1.54) is 17.7 Å². The second-order valence-corrected chi connectivity index (χ2v) is 6.59. The summed E-state index contributed by atoms with van der Waals surface area (Å²) < 4.78 is 7.77. The van der Waals surface area contributed by atoms with Gasteiger partial charge in [-0.3, -0.25) is 9.48 Å². The molecular weight excluding hydrogens is 342 g/mol. The van der Waals surface area contributed by atoms with Crippen LogP contribution in [0.25, 0.3) is 0 Å². The van der Waals surface area contributed by atoms with E-state index in [1.807, 2.05) is 22.9 Å². The monoisotopic (exact) mass is 363 g/mol. The molecule has 6 nitrogen and oxygen atoms in total. The number of carbonyl (C=O) groups excluding carboxylic acids is 1. The molecule has 1 atom stereocenters. The first kappa shape index (κ1) is 17.3. The third-order valence-corrected chi connectivity index (χ3v) is 4.61. The number of aromatic hydroxyl groups is 1. The van der Waals surface area contributed by atoms with E-state index in [2.05, 4.69) is 23.6 Å². The van der Waals surface area contributed by atoms with Gasteiger partial charge in [0.2, 0.25) is 0 Å². The topological polar surface area (TPSA) is 76.4 Å². The number of carbonyl (C=O) groups is 1. The Bertz CT molecular complexity index is 937. The smallest absolute Gasteiger partial charge is 0.251 e. The molecule has 1 aliphatic rings. The second-order valence-electron chi connectivity index (χ2n) is 6.59. The molecule has 2 aromatic carbocycles. The average molecular weight is 363 g/mol. The van der Waals surface area contributed by atoms with Gasteiger partial charge >= 0.3 is 0 Å². The number of nitrogens with zero attached hydrogens (tertiary/aromatic N) is 2. The van der Waals surface area contributed by atoms with Crippen LogP contribution in [0.3, 0.4) is 0 Å². The van der Waals surface area contributed by atoms with E-state index in [0.29, 0.717) is 25.3 Å². The molecule has 1 aromatic heterocycles. The maximum Gasteiger partial charge on any atom is 0.251 e. The van der Waals surface area contributed by atoms with E-state index >= 15 is 0 Å². The minimum atomic E-state index is -0.271. The number of hydrogen-bond acceptors (Lipinski definition) is 4. The minimum Gasteiger partial charge on any atom is -0.508 e. The zero-order chi connectivity index (χ0) is 18.6. The number of fused-ring (bicyclic) bond motifs is 1. The highest BCUT2D eigenvalue weighted by atomic mass is 16.5. The molecule has 27 heavy (non-hydrogen) atoms. The summed E-state index contributed by atoms with van der Waals surface area (Å²) in [6, 6.07) is 16.5. The van der Waals surface area contributed by atoms with Crippen molar-refractivity contribution in [2.24, 2.45) is 0 Å². The van der Waals surface area contributed by atoms with Crippen molar-refractivity contribution < 1.29 is 14.6 Å². The molecule has 0 spiro atoms. The van der Waals surface area contributed by atoms with E-state index in [4.69, 9.17) is 9.84 Å². The Kier molecular flexibility index (Phi) is 4.89. The molecule has 1 amide bonds. The van der Waals surface area contributed by atoms with Crippen LogP contribution in [0, 0.1) is 0 Å². The van der Waals surface area contributed by atoms with Crippen LogP contribution in [-0.2, 0) is 17.7 Å². The van der Waals surface area contributed by atoms with Crippen LogP contribution < -0.4 is 5.32 Å². The summed E-state index contributed by atoms with van der Waals surface area (Å²) in [4.78, 5) is 12.3. The van der Waals surface area contributed by atoms with E-state index in [-0.39, 0.29) is 17.8 Å². The van der Waals surface area contributed by atoms with Crippen LogP contribution in [-0.4, -0.2) is 33.9 Å². The van der Waals surface area contributed by atoms with Gasteiger partial charge in [0.1, 0.15) is 11.9 Å². The summed E-state index contributed by atoms with van der Waals surface area (Å²) in [5.41, 5.74) is 3.65. The lowest BCUT2D eigenvalue weighted by Crippen LogP contribution is -2.31. The maximum absolute atomic E-state index is 12.3. The quantitative estimate of drug-likeness (QED) is 0.731. The van der Waals surface area contributed by atoms with E-state index in [1.54, 1.807) is 12.1 Å². The Balaban J connectivity index is 1.44. The van der Waals surface area contributed by atoms with Gasteiger partial charge in [-0.05, 0) is 35.7 Å².